The number of nitrogens with one attached hydrogen (secondary N) is 4. The zero-order valence-corrected chi connectivity index (χ0v) is 17.9. The lowest BCUT2D eigenvalue weighted by Gasteiger charge is -2.23. The van der Waals surface area contributed by atoms with Crippen molar-refractivity contribution in [3.8, 4) is 5.75 Å². The SMILES string of the molecule is COc1ccc(Nc2nc3c(c(=O)[nH]2)[C@@H](C(=O)Nc2ccc(C)c(C)c2)CC(=O)N3)cc1. The van der Waals surface area contributed by atoms with Gasteiger partial charge in [-0.2, -0.15) is 4.98 Å². The van der Waals surface area contributed by atoms with Crippen LogP contribution in [0, 0.1) is 13.8 Å². The topological polar surface area (TPSA) is 125 Å². The first-order valence-electron chi connectivity index (χ1n) is 10.1. The number of anilines is 4. The number of aromatic nitrogens is 2. The molecule has 1 aliphatic rings. The smallest absolute Gasteiger partial charge is 0.258 e. The number of aromatic amines is 1. The molecule has 1 aliphatic heterocycles. The van der Waals surface area contributed by atoms with Crippen LogP contribution in [0.25, 0.3) is 0 Å². The molecule has 0 radical (unpaired) electrons. The van der Waals surface area contributed by atoms with Crippen LogP contribution in [-0.2, 0) is 9.59 Å². The molecule has 2 aromatic carbocycles. The Balaban J connectivity index is 1.61. The van der Waals surface area contributed by atoms with Gasteiger partial charge in [-0.3, -0.25) is 19.4 Å². The second-order valence-electron chi connectivity index (χ2n) is 7.62. The van der Waals surface area contributed by atoms with E-state index in [0.29, 0.717) is 17.1 Å². The van der Waals surface area contributed by atoms with Crippen molar-refractivity contribution in [2.45, 2.75) is 26.2 Å². The Morgan fingerprint density at radius 2 is 1.78 bits per heavy atom. The Bertz CT molecular complexity index is 1250. The van der Waals surface area contributed by atoms with Crippen molar-refractivity contribution >= 4 is 35.0 Å². The molecular formula is C23H23N5O4. The number of ether oxygens (including phenoxy) is 1. The third kappa shape index (κ3) is 4.31. The summed E-state index contributed by atoms with van der Waals surface area (Å²) in [6, 6.07) is 12.6. The van der Waals surface area contributed by atoms with Crippen LogP contribution >= 0.6 is 0 Å². The first-order chi connectivity index (χ1) is 15.3. The van der Waals surface area contributed by atoms with Gasteiger partial charge < -0.3 is 20.7 Å². The minimum atomic E-state index is -0.952. The maximum atomic E-state index is 13.0. The third-order valence-electron chi connectivity index (χ3n) is 5.39. The highest BCUT2D eigenvalue weighted by atomic mass is 16.5. The predicted molar refractivity (Wildman–Crippen MR) is 122 cm³/mol. The number of hydrogen-bond donors (Lipinski definition) is 4. The van der Waals surface area contributed by atoms with Gasteiger partial charge in [0.1, 0.15) is 11.6 Å². The zero-order valence-electron chi connectivity index (χ0n) is 17.9. The van der Waals surface area contributed by atoms with E-state index < -0.39 is 17.4 Å². The molecule has 0 fully saturated rings. The Morgan fingerprint density at radius 1 is 1.06 bits per heavy atom. The van der Waals surface area contributed by atoms with E-state index in [9.17, 15) is 14.4 Å². The molecule has 164 valence electrons. The minimum Gasteiger partial charge on any atom is -0.497 e. The molecule has 4 N–H and O–H groups in total. The molecule has 0 spiro atoms. The van der Waals surface area contributed by atoms with Crippen molar-refractivity contribution in [2.75, 3.05) is 23.1 Å². The van der Waals surface area contributed by atoms with Gasteiger partial charge in [0.15, 0.2) is 0 Å². The highest BCUT2D eigenvalue weighted by molar-refractivity contribution is 6.04. The molecular weight excluding hydrogens is 410 g/mol. The number of amides is 2. The normalized spacial score (nSPS) is 14.8. The van der Waals surface area contributed by atoms with E-state index in [1.807, 2.05) is 26.0 Å². The van der Waals surface area contributed by atoms with Gasteiger partial charge in [-0.05, 0) is 61.4 Å². The fraction of sp³-hybridized carbons (Fsp3) is 0.217. The lowest BCUT2D eigenvalue weighted by atomic mass is 9.92. The van der Waals surface area contributed by atoms with Crippen LogP contribution in [0.3, 0.4) is 0 Å². The summed E-state index contributed by atoms with van der Waals surface area (Å²) in [7, 11) is 1.57. The summed E-state index contributed by atoms with van der Waals surface area (Å²) in [5, 5.41) is 8.39. The lowest BCUT2D eigenvalue weighted by Crippen LogP contribution is -2.36. The average molecular weight is 433 g/mol. The number of hydrogen-bond acceptors (Lipinski definition) is 6. The number of benzene rings is 2. The fourth-order valence-electron chi connectivity index (χ4n) is 3.51. The van der Waals surface area contributed by atoms with Crippen LogP contribution in [0.4, 0.5) is 23.1 Å². The molecule has 1 aromatic heterocycles. The van der Waals surface area contributed by atoms with E-state index in [1.165, 1.54) is 0 Å². The zero-order chi connectivity index (χ0) is 22.8. The van der Waals surface area contributed by atoms with Crippen molar-refractivity contribution in [3.63, 3.8) is 0 Å². The predicted octanol–water partition coefficient (Wildman–Crippen LogP) is 3.20. The molecule has 9 heteroatoms. The van der Waals surface area contributed by atoms with E-state index in [2.05, 4.69) is 25.9 Å². The van der Waals surface area contributed by atoms with Crippen LogP contribution in [0.5, 0.6) is 5.75 Å². The number of methoxy groups -OCH3 is 1. The molecule has 0 saturated carbocycles. The number of nitrogens with zero attached hydrogens (tertiary/aromatic N) is 1. The summed E-state index contributed by atoms with van der Waals surface area (Å²) < 4.78 is 5.13. The highest BCUT2D eigenvalue weighted by Crippen LogP contribution is 2.30. The van der Waals surface area contributed by atoms with Crippen LogP contribution in [0.15, 0.2) is 47.3 Å². The van der Waals surface area contributed by atoms with Crippen LogP contribution in [0.1, 0.15) is 29.0 Å². The van der Waals surface area contributed by atoms with Crippen molar-refractivity contribution in [2.24, 2.45) is 0 Å². The summed E-state index contributed by atoms with van der Waals surface area (Å²) >= 11 is 0. The summed E-state index contributed by atoms with van der Waals surface area (Å²) in [5.74, 6) is -0.867. The first kappa shape index (κ1) is 21.1. The highest BCUT2D eigenvalue weighted by Gasteiger charge is 2.34. The summed E-state index contributed by atoms with van der Waals surface area (Å²) in [5.41, 5.74) is 3.03. The van der Waals surface area contributed by atoms with Gasteiger partial charge in [0, 0.05) is 17.8 Å². The van der Waals surface area contributed by atoms with Crippen molar-refractivity contribution < 1.29 is 14.3 Å². The van der Waals surface area contributed by atoms with Crippen LogP contribution < -0.4 is 26.2 Å². The first-order valence-corrected chi connectivity index (χ1v) is 10.1. The molecule has 0 bridgehead atoms. The Hall–Kier alpha value is -4.14. The molecule has 0 saturated heterocycles. The second-order valence-corrected chi connectivity index (χ2v) is 7.62. The van der Waals surface area contributed by atoms with E-state index >= 15 is 0 Å². The average Bonchev–Trinajstić information content (AvgIpc) is 2.76. The molecule has 1 atom stereocenters. The number of carbonyl (C=O) groups is 2. The van der Waals surface area contributed by atoms with Gasteiger partial charge in [0.05, 0.1) is 18.6 Å². The molecule has 0 aliphatic carbocycles. The van der Waals surface area contributed by atoms with Crippen LogP contribution in [0.2, 0.25) is 0 Å². The number of H-pyrrole nitrogens is 1. The minimum absolute atomic E-state index is 0.0706. The summed E-state index contributed by atoms with van der Waals surface area (Å²) in [6.07, 6.45) is -0.139. The van der Waals surface area contributed by atoms with Crippen molar-refractivity contribution in [1.29, 1.82) is 0 Å². The lowest BCUT2D eigenvalue weighted by molar-refractivity contribution is -0.123. The third-order valence-corrected chi connectivity index (χ3v) is 5.39. The number of fused-ring (bicyclic) bond motifs is 1. The summed E-state index contributed by atoms with van der Waals surface area (Å²) in [4.78, 5) is 45.1. The van der Waals surface area contributed by atoms with Gasteiger partial charge >= 0.3 is 0 Å². The van der Waals surface area contributed by atoms with E-state index in [4.69, 9.17) is 4.74 Å². The molecule has 32 heavy (non-hydrogen) atoms. The second kappa shape index (κ2) is 8.54. The molecule has 4 rings (SSSR count). The molecule has 0 unspecified atom stereocenters. The maximum absolute atomic E-state index is 13.0. The monoisotopic (exact) mass is 433 g/mol. The Morgan fingerprint density at radius 3 is 2.47 bits per heavy atom. The molecule has 2 amide bonds. The van der Waals surface area contributed by atoms with Gasteiger partial charge in [0.25, 0.3) is 5.56 Å². The molecule has 9 nitrogen and oxygen atoms in total. The maximum Gasteiger partial charge on any atom is 0.258 e. The summed E-state index contributed by atoms with van der Waals surface area (Å²) in [6.45, 7) is 3.92. The van der Waals surface area contributed by atoms with Gasteiger partial charge in [-0.15, -0.1) is 0 Å². The number of carbonyl (C=O) groups excluding carboxylic acids is 2. The van der Waals surface area contributed by atoms with E-state index in [1.54, 1.807) is 37.4 Å². The number of rotatable bonds is 5. The van der Waals surface area contributed by atoms with Crippen molar-refractivity contribution in [1.82, 2.24) is 9.97 Å². The number of aryl methyl sites for hydroxylation is 2. The molecule has 2 heterocycles. The standard InChI is InChI=1S/C23H23N5O4/c1-12-4-5-15(10-13(12)2)24-21(30)17-11-18(29)26-20-19(17)22(31)28-23(27-20)25-14-6-8-16(32-3)9-7-14/h4-10,17H,11H2,1-3H3,(H,24,30)(H3,25,26,27,28,29,31)/t17-/m0/s1. The quantitative estimate of drug-likeness (QED) is 0.490. The van der Waals surface area contributed by atoms with E-state index in [-0.39, 0.29) is 29.7 Å². The Labute approximate surface area is 184 Å². The Kier molecular flexibility index (Phi) is 5.63. The fourth-order valence-corrected chi connectivity index (χ4v) is 3.51. The van der Waals surface area contributed by atoms with Gasteiger partial charge in [-0.1, -0.05) is 6.07 Å². The van der Waals surface area contributed by atoms with Gasteiger partial charge in [0.2, 0.25) is 17.8 Å². The van der Waals surface area contributed by atoms with E-state index in [0.717, 1.165) is 11.1 Å². The van der Waals surface area contributed by atoms with Crippen molar-refractivity contribution in [3.05, 3.63) is 69.5 Å². The molecule has 3 aromatic rings. The largest absolute Gasteiger partial charge is 0.497 e. The van der Waals surface area contributed by atoms with Crippen LogP contribution in [-0.4, -0.2) is 28.9 Å². The van der Waals surface area contributed by atoms with Gasteiger partial charge in [-0.25, -0.2) is 0 Å².